The Hall–Kier alpha value is -2.93. The summed E-state index contributed by atoms with van der Waals surface area (Å²) in [6.45, 7) is 2.10. The molecule has 0 atom stereocenters. The quantitative estimate of drug-likeness (QED) is 0.274. The van der Waals surface area contributed by atoms with Gasteiger partial charge in [0, 0.05) is 40.1 Å². The summed E-state index contributed by atoms with van der Waals surface area (Å²) in [5, 5.41) is 19.5. The summed E-state index contributed by atoms with van der Waals surface area (Å²) in [6, 6.07) is 12.1. The van der Waals surface area contributed by atoms with Crippen molar-refractivity contribution in [3.63, 3.8) is 0 Å². The molecule has 2 N–H and O–H groups in total. The Morgan fingerprint density at radius 3 is 2.64 bits per heavy atom. The van der Waals surface area contributed by atoms with Gasteiger partial charge in [0.05, 0.1) is 23.8 Å². The summed E-state index contributed by atoms with van der Waals surface area (Å²) in [6.07, 6.45) is 0. The minimum atomic E-state index is -0.547. The average molecular weight is 548 g/mol. The van der Waals surface area contributed by atoms with Crippen molar-refractivity contribution in [2.75, 3.05) is 36.5 Å². The fourth-order valence-electron chi connectivity index (χ4n) is 3.27. The number of nitrogens with zero attached hydrogens (tertiary/aromatic N) is 3. The number of amides is 1. The number of morpholine rings is 1. The number of carbonyl (C=O) groups excluding carboxylic acids is 1. The molecule has 2 aromatic carbocycles. The second-order valence-corrected chi connectivity index (χ2v) is 9.20. The molecule has 33 heavy (non-hydrogen) atoms. The van der Waals surface area contributed by atoms with E-state index in [-0.39, 0.29) is 16.4 Å². The number of rotatable bonds is 5. The highest BCUT2D eigenvalue weighted by Gasteiger charge is 2.23. The minimum Gasteiger partial charge on any atom is -0.378 e. The molecule has 0 radical (unpaired) electrons. The summed E-state index contributed by atoms with van der Waals surface area (Å²) in [5.41, 5.74) is 2.19. The van der Waals surface area contributed by atoms with E-state index in [4.69, 9.17) is 17.0 Å². The molecule has 1 aliphatic rings. The zero-order valence-electron chi connectivity index (χ0n) is 17.1. The smallest absolute Gasteiger partial charge is 0.293 e. The predicted octanol–water partition coefficient (Wildman–Crippen LogP) is 4.44. The Morgan fingerprint density at radius 1 is 1.21 bits per heavy atom. The topological polar surface area (TPSA) is 110 Å². The Bertz CT molecular complexity index is 1200. The molecular formula is C21H18BrN5O4S2. The Morgan fingerprint density at radius 2 is 1.94 bits per heavy atom. The average Bonchev–Trinajstić information content (AvgIpc) is 3.27. The molecule has 0 unspecified atom stereocenters. The van der Waals surface area contributed by atoms with Crippen LogP contribution in [0.15, 0.2) is 52.3 Å². The first kappa shape index (κ1) is 23.2. The first-order chi connectivity index (χ1) is 15.9. The van der Waals surface area contributed by atoms with Crippen molar-refractivity contribution in [1.82, 2.24) is 10.3 Å². The number of nitro groups is 1. The van der Waals surface area contributed by atoms with Gasteiger partial charge in [-0.05, 0) is 36.5 Å². The largest absolute Gasteiger partial charge is 0.378 e. The van der Waals surface area contributed by atoms with Gasteiger partial charge in [-0.15, -0.1) is 11.3 Å². The first-order valence-electron chi connectivity index (χ1n) is 9.85. The van der Waals surface area contributed by atoms with E-state index in [1.807, 2.05) is 34.5 Å². The van der Waals surface area contributed by atoms with Crippen molar-refractivity contribution in [3.8, 4) is 11.3 Å². The number of benzene rings is 2. The lowest BCUT2D eigenvalue weighted by atomic mass is 10.1. The van der Waals surface area contributed by atoms with E-state index in [1.165, 1.54) is 17.4 Å². The molecule has 1 saturated heterocycles. The van der Waals surface area contributed by atoms with Gasteiger partial charge in [-0.3, -0.25) is 20.2 Å². The van der Waals surface area contributed by atoms with Crippen molar-refractivity contribution in [3.05, 3.63) is 68.0 Å². The number of nitro benzene ring substituents is 1. The van der Waals surface area contributed by atoms with E-state index >= 15 is 0 Å². The van der Waals surface area contributed by atoms with Gasteiger partial charge in [-0.25, -0.2) is 4.98 Å². The maximum absolute atomic E-state index is 12.7. The van der Waals surface area contributed by atoms with Crippen LogP contribution in [0.25, 0.3) is 11.3 Å². The summed E-state index contributed by atoms with van der Waals surface area (Å²) in [7, 11) is 0. The number of ether oxygens (including phenoxy) is 1. The van der Waals surface area contributed by atoms with Gasteiger partial charge < -0.3 is 15.0 Å². The van der Waals surface area contributed by atoms with Gasteiger partial charge in [0.2, 0.25) is 0 Å². The monoisotopic (exact) mass is 547 g/mol. The molecule has 9 nitrogen and oxygen atoms in total. The van der Waals surface area contributed by atoms with E-state index in [0.717, 1.165) is 15.7 Å². The maximum Gasteiger partial charge on any atom is 0.293 e. The second kappa shape index (κ2) is 10.3. The van der Waals surface area contributed by atoms with Crippen LogP contribution in [0.3, 0.4) is 0 Å². The van der Waals surface area contributed by atoms with Crippen molar-refractivity contribution in [2.45, 2.75) is 0 Å². The molecule has 4 rings (SSSR count). The fraction of sp³-hybridized carbons (Fsp3) is 0.190. The van der Waals surface area contributed by atoms with Crippen LogP contribution in [-0.4, -0.2) is 47.2 Å². The Kier molecular flexibility index (Phi) is 7.28. The van der Waals surface area contributed by atoms with Gasteiger partial charge in [-0.2, -0.15) is 0 Å². The normalized spacial score (nSPS) is 13.4. The number of thiocarbonyl (C=S) groups is 1. The van der Waals surface area contributed by atoms with Crippen LogP contribution in [0.5, 0.6) is 0 Å². The molecule has 3 aromatic rings. The van der Waals surface area contributed by atoms with Crippen LogP contribution in [0, 0.1) is 10.1 Å². The molecule has 1 amide bonds. The number of anilines is 2. The maximum atomic E-state index is 12.7. The summed E-state index contributed by atoms with van der Waals surface area (Å²) in [4.78, 5) is 30.1. The Balaban J connectivity index is 1.42. The van der Waals surface area contributed by atoms with E-state index in [1.54, 1.807) is 12.1 Å². The number of halogens is 1. The molecule has 12 heteroatoms. The molecule has 0 aliphatic carbocycles. The Labute approximate surface area is 207 Å². The van der Waals surface area contributed by atoms with E-state index in [0.29, 0.717) is 37.1 Å². The fourth-order valence-corrected chi connectivity index (χ4v) is 4.51. The molecule has 0 spiro atoms. The molecule has 1 fully saturated rings. The van der Waals surface area contributed by atoms with Crippen LogP contribution in [0.4, 0.5) is 16.5 Å². The lowest BCUT2D eigenvalue weighted by Gasteiger charge is -2.28. The van der Waals surface area contributed by atoms with Crippen molar-refractivity contribution < 1.29 is 14.5 Å². The lowest BCUT2D eigenvalue weighted by molar-refractivity contribution is -0.384. The molecule has 1 aliphatic heterocycles. The standard InChI is InChI=1S/C21H18BrN5O4S2/c22-15-4-1-13(2-5-15)16-12-33-21(23-16)25-20(32)24-19(28)14-3-6-17(18(11-14)27(29)30)26-7-9-31-10-8-26/h1-6,11-12H,7-10H2,(H2,23,24,25,28,32). The van der Waals surface area contributed by atoms with Crippen LogP contribution in [0.1, 0.15) is 10.4 Å². The van der Waals surface area contributed by atoms with Gasteiger partial charge in [0.25, 0.3) is 11.6 Å². The number of hydrogen-bond donors (Lipinski definition) is 2. The zero-order chi connectivity index (χ0) is 23.4. The highest BCUT2D eigenvalue weighted by Crippen LogP contribution is 2.30. The van der Waals surface area contributed by atoms with Gasteiger partial charge in [-0.1, -0.05) is 28.1 Å². The van der Waals surface area contributed by atoms with E-state index < -0.39 is 10.8 Å². The van der Waals surface area contributed by atoms with Crippen molar-refractivity contribution >= 4 is 67.0 Å². The van der Waals surface area contributed by atoms with E-state index in [2.05, 4.69) is 31.5 Å². The third kappa shape index (κ3) is 5.71. The minimum absolute atomic E-state index is 0.0524. The first-order valence-corrected chi connectivity index (χ1v) is 11.9. The number of hydrogen-bond acceptors (Lipinski definition) is 8. The number of thiazole rings is 1. The van der Waals surface area contributed by atoms with Crippen molar-refractivity contribution in [2.24, 2.45) is 0 Å². The summed E-state index contributed by atoms with van der Waals surface area (Å²) >= 11 is 9.98. The molecule has 0 bridgehead atoms. The molecule has 170 valence electrons. The third-order valence-corrected chi connectivity index (χ3v) is 6.37. The predicted molar refractivity (Wildman–Crippen MR) is 135 cm³/mol. The highest BCUT2D eigenvalue weighted by molar-refractivity contribution is 9.10. The molecule has 1 aromatic heterocycles. The highest BCUT2D eigenvalue weighted by atomic mass is 79.9. The third-order valence-electron chi connectivity index (χ3n) is 4.88. The van der Waals surface area contributed by atoms with E-state index in [9.17, 15) is 14.9 Å². The molecule has 0 saturated carbocycles. The number of carbonyl (C=O) groups is 1. The SMILES string of the molecule is O=C(NC(=S)Nc1nc(-c2ccc(Br)cc2)cs1)c1ccc(N2CCOCC2)c([N+](=O)[O-])c1. The lowest BCUT2D eigenvalue weighted by Crippen LogP contribution is -2.37. The van der Waals surface area contributed by atoms with Crippen LogP contribution in [0.2, 0.25) is 0 Å². The van der Waals surface area contributed by atoms with Gasteiger partial charge in [0.1, 0.15) is 5.69 Å². The number of aromatic nitrogens is 1. The zero-order valence-corrected chi connectivity index (χ0v) is 20.3. The molecular weight excluding hydrogens is 530 g/mol. The number of nitrogens with one attached hydrogen (secondary N) is 2. The van der Waals surface area contributed by atoms with Crippen LogP contribution < -0.4 is 15.5 Å². The van der Waals surface area contributed by atoms with Gasteiger partial charge in [0.15, 0.2) is 10.2 Å². The molecule has 2 heterocycles. The second-order valence-electron chi connectivity index (χ2n) is 7.01. The van der Waals surface area contributed by atoms with Crippen LogP contribution in [-0.2, 0) is 4.74 Å². The van der Waals surface area contributed by atoms with Gasteiger partial charge >= 0.3 is 0 Å². The summed E-state index contributed by atoms with van der Waals surface area (Å²) in [5.74, 6) is -0.547. The summed E-state index contributed by atoms with van der Waals surface area (Å²) < 4.78 is 6.28. The van der Waals surface area contributed by atoms with Crippen molar-refractivity contribution in [1.29, 1.82) is 0 Å². The van der Waals surface area contributed by atoms with Crippen LogP contribution >= 0.6 is 39.5 Å².